The lowest BCUT2D eigenvalue weighted by atomic mass is 10.0. The molecule has 2 N–H and O–H groups in total. The van der Waals surface area contributed by atoms with Gasteiger partial charge in [0.2, 0.25) is 5.78 Å². The zero-order valence-corrected chi connectivity index (χ0v) is 10.1. The van der Waals surface area contributed by atoms with E-state index in [1.54, 1.807) is 12.1 Å². The summed E-state index contributed by atoms with van der Waals surface area (Å²) >= 11 is 0. The lowest BCUT2D eigenvalue weighted by Crippen LogP contribution is -2.88. The summed E-state index contributed by atoms with van der Waals surface area (Å²) in [5.74, 6) is -0.793. The van der Waals surface area contributed by atoms with E-state index in [-0.39, 0.29) is 18.9 Å². The SMILES string of the molecule is CC(C)c1ccc(C(=O)C[NH2+]CC(=O)[O-])cc1. The molecule has 0 bridgehead atoms. The summed E-state index contributed by atoms with van der Waals surface area (Å²) in [6, 6.07) is 7.42. The largest absolute Gasteiger partial charge is 0.544 e. The molecule has 0 amide bonds. The molecule has 1 rings (SSSR count). The van der Waals surface area contributed by atoms with Gasteiger partial charge < -0.3 is 15.2 Å². The molecule has 0 aliphatic carbocycles. The molecule has 0 heterocycles. The minimum Gasteiger partial charge on any atom is -0.544 e. The van der Waals surface area contributed by atoms with Gasteiger partial charge in [0.15, 0.2) is 0 Å². The van der Waals surface area contributed by atoms with Crippen LogP contribution in [0.25, 0.3) is 0 Å². The Kier molecular flexibility index (Phi) is 4.84. The van der Waals surface area contributed by atoms with Crippen LogP contribution in [0.1, 0.15) is 35.7 Å². The number of aliphatic carboxylic acids is 1. The van der Waals surface area contributed by atoms with Crippen molar-refractivity contribution in [3.05, 3.63) is 35.4 Å². The van der Waals surface area contributed by atoms with Gasteiger partial charge in [0, 0.05) is 5.56 Å². The van der Waals surface area contributed by atoms with E-state index in [9.17, 15) is 14.7 Å². The molecule has 0 aliphatic rings. The number of carboxylic acid groups (broad SMARTS) is 1. The summed E-state index contributed by atoms with van der Waals surface area (Å²) in [5.41, 5.74) is 1.80. The fraction of sp³-hybridized carbons (Fsp3) is 0.385. The van der Waals surface area contributed by atoms with Crippen molar-refractivity contribution < 1.29 is 20.0 Å². The van der Waals surface area contributed by atoms with Crippen LogP contribution >= 0.6 is 0 Å². The summed E-state index contributed by atoms with van der Waals surface area (Å²) in [6.45, 7) is 4.12. The Balaban J connectivity index is 2.54. The smallest absolute Gasteiger partial charge is 0.216 e. The Morgan fingerprint density at radius 3 is 2.24 bits per heavy atom. The minimum absolute atomic E-state index is 0.0680. The quantitative estimate of drug-likeness (QED) is 0.663. The molecule has 0 unspecified atom stereocenters. The number of ketones is 1. The van der Waals surface area contributed by atoms with Crippen molar-refractivity contribution in [2.75, 3.05) is 13.1 Å². The van der Waals surface area contributed by atoms with Crippen LogP contribution in [0.15, 0.2) is 24.3 Å². The number of hydrogen-bond donors (Lipinski definition) is 1. The summed E-state index contributed by atoms with van der Waals surface area (Å²) in [4.78, 5) is 21.8. The molecular formula is C13H17NO3. The summed E-state index contributed by atoms with van der Waals surface area (Å²) in [5, 5.41) is 11.6. The van der Waals surface area contributed by atoms with Gasteiger partial charge in [-0.1, -0.05) is 38.1 Å². The molecule has 0 radical (unpaired) electrons. The first-order chi connectivity index (χ1) is 8.00. The lowest BCUT2D eigenvalue weighted by Gasteiger charge is -2.06. The van der Waals surface area contributed by atoms with E-state index in [0.29, 0.717) is 11.5 Å². The standard InChI is InChI=1S/C13H17NO3/c1-9(2)10-3-5-11(6-4-10)12(15)7-14-8-13(16)17/h3-6,9,14H,7-8H2,1-2H3,(H,16,17). The first-order valence-electron chi connectivity index (χ1n) is 5.65. The van der Waals surface area contributed by atoms with Crippen molar-refractivity contribution in [1.29, 1.82) is 0 Å². The second-order valence-corrected chi connectivity index (χ2v) is 4.27. The Bertz CT molecular complexity index is 396. The first-order valence-corrected chi connectivity index (χ1v) is 5.65. The molecule has 0 saturated heterocycles. The second kappa shape index (κ2) is 6.15. The van der Waals surface area contributed by atoms with Crippen molar-refractivity contribution in [2.24, 2.45) is 0 Å². The second-order valence-electron chi connectivity index (χ2n) is 4.27. The molecule has 0 atom stereocenters. The molecule has 92 valence electrons. The molecular weight excluding hydrogens is 218 g/mol. The number of nitrogens with two attached hydrogens (primary N) is 1. The van der Waals surface area contributed by atoms with E-state index < -0.39 is 5.97 Å². The Hall–Kier alpha value is -1.68. The van der Waals surface area contributed by atoms with E-state index in [4.69, 9.17) is 0 Å². The van der Waals surface area contributed by atoms with Gasteiger partial charge in [-0.05, 0) is 11.5 Å². The number of carbonyl (C=O) groups is 2. The van der Waals surface area contributed by atoms with Crippen LogP contribution in [0.2, 0.25) is 0 Å². The van der Waals surface area contributed by atoms with Crippen LogP contribution in [0.4, 0.5) is 0 Å². The zero-order chi connectivity index (χ0) is 12.8. The van der Waals surface area contributed by atoms with Crippen LogP contribution in [-0.4, -0.2) is 24.8 Å². The number of quaternary nitrogens is 1. The van der Waals surface area contributed by atoms with Gasteiger partial charge in [0.05, 0.1) is 5.97 Å². The summed E-state index contributed by atoms with van der Waals surface area (Å²) in [7, 11) is 0. The maximum absolute atomic E-state index is 11.7. The zero-order valence-electron chi connectivity index (χ0n) is 10.1. The van der Waals surface area contributed by atoms with Gasteiger partial charge in [-0.25, -0.2) is 0 Å². The Morgan fingerprint density at radius 1 is 1.18 bits per heavy atom. The highest BCUT2D eigenvalue weighted by atomic mass is 16.4. The lowest BCUT2D eigenvalue weighted by molar-refractivity contribution is -0.638. The highest BCUT2D eigenvalue weighted by Gasteiger charge is 2.08. The monoisotopic (exact) mass is 235 g/mol. The summed E-state index contributed by atoms with van der Waals surface area (Å²) in [6.07, 6.45) is 0. The van der Waals surface area contributed by atoms with E-state index >= 15 is 0 Å². The van der Waals surface area contributed by atoms with E-state index in [1.807, 2.05) is 12.1 Å². The predicted octanol–water partition coefficient (Wildman–Crippen LogP) is -0.694. The Labute approximate surface area is 101 Å². The van der Waals surface area contributed by atoms with Crippen molar-refractivity contribution in [1.82, 2.24) is 0 Å². The van der Waals surface area contributed by atoms with Gasteiger partial charge in [0.25, 0.3) is 0 Å². The van der Waals surface area contributed by atoms with Gasteiger partial charge in [-0.3, -0.25) is 4.79 Å². The number of carbonyl (C=O) groups excluding carboxylic acids is 2. The highest BCUT2D eigenvalue weighted by molar-refractivity contribution is 5.96. The van der Waals surface area contributed by atoms with Crippen LogP contribution < -0.4 is 10.4 Å². The van der Waals surface area contributed by atoms with Crippen LogP contribution in [0, 0.1) is 0 Å². The average Bonchev–Trinajstić information content (AvgIpc) is 2.28. The summed E-state index contributed by atoms with van der Waals surface area (Å²) < 4.78 is 0. The van der Waals surface area contributed by atoms with Gasteiger partial charge in [0.1, 0.15) is 13.1 Å². The van der Waals surface area contributed by atoms with Gasteiger partial charge in [-0.2, -0.15) is 0 Å². The third-order valence-corrected chi connectivity index (χ3v) is 2.54. The average molecular weight is 235 g/mol. The number of rotatable bonds is 6. The maximum Gasteiger partial charge on any atom is 0.216 e. The molecule has 0 fully saturated rings. The third-order valence-electron chi connectivity index (χ3n) is 2.54. The first kappa shape index (κ1) is 13.4. The van der Waals surface area contributed by atoms with Crippen molar-refractivity contribution >= 4 is 11.8 Å². The molecule has 0 saturated carbocycles. The molecule has 0 aliphatic heterocycles. The van der Waals surface area contributed by atoms with Crippen molar-refractivity contribution in [2.45, 2.75) is 19.8 Å². The highest BCUT2D eigenvalue weighted by Crippen LogP contribution is 2.14. The van der Waals surface area contributed by atoms with Gasteiger partial charge >= 0.3 is 0 Å². The number of benzene rings is 1. The van der Waals surface area contributed by atoms with Gasteiger partial charge in [-0.15, -0.1) is 0 Å². The molecule has 1 aromatic rings. The molecule has 0 spiro atoms. The maximum atomic E-state index is 11.7. The van der Waals surface area contributed by atoms with E-state index in [1.165, 1.54) is 10.9 Å². The molecule has 17 heavy (non-hydrogen) atoms. The normalized spacial score (nSPS) is 10.5. The predicted molar refractivity (Wildman–Crippen MR) is 61.5 cm³/mol. The van der Waals surface area contributed by atoms with Crippen molar-refractivity contribution in [3.63, 3.8) is 0 Å². The van der Waals surface area contributed by atoms with Crippen LogP contribution in [-0.2, 0) is 4.79 Å². The minimum atomic E-state index is -1.16. The number of Topliss-reactive ketones (excluding diaryl/α,β-unsaturated/α-hetero) is 1. The molecule has 0 aromatic heterocycles. The third kappa shape index (κ3) is 4.36. The number of hydrogen-bond acceptors (Lipinski definition) is 3. The topological polar surface area (TPSA) is 73.8 Å². The van der Waals surface area contributed by atoms with E-state index in [0.717, 1.165) is 0 Å². The van der Waals surface area contributed by atoms with E-state index in [2.05, 4.69) is 13.8 Å². The van der Waals surface area contributed by atoms with Crippen molar-refractivity contribution in [3.8, 4) is 0 Å². The van der Waals surface area contributed by atoms with Crippen LogP contribution in [0.3, 0.4) is 0 Å². The molecule has 4 nitrogen and oxygen atoms in total. The molecule has 1 aromatic carbocycles. The fourth-order valence-corrected chi connectivity index (χ4v) is 1.49. The van der Waals surface area contributed by atoms with Crippen LogP contribution in [0.5, 0.6) is 0 Å². The molecule has 4 heteroatoms. The fourth-order valence-electron chi connectivity index (χ4n) is 1.49. The Morgan fingerprint density at radius 2 is 1.76 bits per heavy atom. The number of carboxylic acids is 1.